The molecule has 0 saturated carbocycles. The fourth-order valence-electron chi connectivity index (χ4n) is 2.73. The third-order valence-electron chi connectivity index (χ3n) is 3.69. The first-order valence-electron chi connectivity index (χ1n) is 7.02. The highest BCUT2D eigenvalue weighted by Crippen LogP contribution is 2.40. The smallest absolute Gasteiger partial charge is 0.255 e. The second-order valence-electron chi connectivity index (χ2n) is 5.02. The first-order chi connectivity index (χ1) is 9.81. The zero-order chi connectivity index (χ0) is 13.9. The van der Waals surface area contributed by atoms with Gasteiger partial charge in [-0.1, -0.05) is 0 Å². The molecule has 3 rings (SSSR count). The summed E-state index contributed by atoms with van der Waals surface area (Å²) in [7, 11) is 1.66. The molecule has 1 aromatic carbocycles. The predicted molar refractivity (Wildman–Crippen MR) is 73.7 cm³/mol. The van der Waals surface area contributed by atoms with Gasteiger partial charge in [-0.3, -0.25) is 4.79 Å². The molecule has 1 amide bonds. The molecule has 0 unspecified atom stereocenters. The second kappa shape index (κ2) is 5.71. The quantitative estimate of drug-likeness (QED) is 0.825. The van der Waals surface area contributed by atoms with Gasteiger partial charge in [-0.05, 0) is 12.5 Å². The van der Waals surface area contributed by atoms with Crippen LogP contribution >= 0.6 is 0 Å². The Morgan fingerprint density at radius 2 is 2.20 bits per heavy atom. The van der Waals surface area contributed by atoms with Crippen molar-refractivity contribution < 1.29 is 19.0 Å². The lowest BCUT2D eigenvalue weighted by atomic mass is 9.99. The molecule has 0 atom stereocenters. The van der Waals surface area contributed by atoms with Crippen molar-refractivity contribution in [2.24, 2.45) is 0 Å². The van der Waals surface area contributed by atoms with E-state index in [4.69, 9.17) is 14.2 Å². The molecule has 1 N–H and O–H groups in total. The number of hydrogen-bond acceptors (Lipinski definition) is 4. The standard InChI is InChI=1S/C15H19NO4/c1-18-6-2-5-16-15(17)13-11-4-8-19-12(11)9-10-3-7-20-14(10)13/h9H,2-8H2,1H3,(H,16,17). The summed E-state index contributed by atoms with van der Waals surface area (Å²) in [6.45, 7) is 2.53. The van der Waals surface area contributed by atoms with Crippen LogP contribution in [0.3, 0.4) is 0 Å². The van der Waals surface area contributed by atoms with E-state index in [9.17, 15) is 4.79 Å². The first kappa shape index (κ1) is 13.2. The molecular weight excluding hydrogens is 258 g/mol. The van der Waals surface area contributed by atoms with Crippen molar-refractivity contribution in [1.29, 1.82) is 0 Å². The third kappa shape index (κ3) is 2.33. The van der Waals surface area contributed by atoms with Gasteiger partial charge in [0.05, 0.1) is 18.8 Å². The van der Waals surface area contributed by atoms with Crippen LogP contribution in [0.1, 0.15) is 27.9 Å². The van der Waals surface area contributed by atoms with E-state index in [1.54, 1.807) is 7.11 Å². The summed E-state index contributed by atoms with van der Waals surface area (Å²) >= 11 is 0. The Bertz CT molecular complexity index is 495. The van der Waals surface area contributed by atoms with Crippen molar-refractivity contribution in [3.8, 4) is 11.5 Å². The molecular formula is C15H19NO4. The molecule has 108 valence electrons. The van der Waals surface area contributed by atoms with Gasteiger partial charge in [0.2, 0.25) is 0 Å². The minimum atomic E-state index is -0.0680. The zero-order valence-electron chi connectivity index (χ0n) is 11.7. The van der Waals surface area contributed by atoms with Gasteiger partial charge in [-0.25, -0.2) is 0 Å². The molecule has 0 saturated heterocycles. The Morgan fingerprint density at radius 3 is 3.05 bits per heavy atom. The zero-order valence-corrected chi connectivity index (χ0v) is 11.7. The number of ether oxygens (including phenoxy) is 3. The maximum absolute atomic E-state index is 12.4. The van der Waals surface area contributed by atoms with Crippen LogP contribution in [0.5, 0.6) is 11.5 Å². The van der Waals surface area contributed by atoms with E-state index in [-0.39, 0.29) is 5.91 Å². The van der Waals surface area contributed by atoms with Gasteiger partial charge in [0.25, 0.3) is 5.91 Å². The predicted octanol–water partition coefficient (Wildman–Crippen LogP) is 1.32. The highest BCUT2D eigenvalue weighted by atomic mass is 16.5. The fraction of sp³-hybridized carbons (Fsp3) is 0.533. The van der Waals surface area contributed by atoms with Gasteiger partial charge >= 0.3 is 0 Å². The summed E-state index contributed by atoms with van der Waals surface area (Å²) in [5.41, 5.74) is 2.73. The molecule has 20 heavy (non-hydrogen) atoms. The van der Waals surface area contributed by atoms with Gasteiger partial charge in [0, 0.05) is 44.2 Å². The van der Waals surface area contributed by atoms with Gasteiger partial charge in [0.1, 0.15) is 11.5 Å². The number of hydrogen-bond donors (Lipinski definition) is 1. The molecule has 2 aliphatic rings. The van der Waals surface area contributed by atoms with Crippen LogP contribution in [0.15, 0.2) is 6.07 Å². The van der Waals surface area contributed by atoms with Gasteiger partial charge in [-0.15, -0.1) is 0 Å². The average Bonchev–Trinajstić information content (AvgIpc) is 3.08. The van der Waals surface area contributed by atoms with E-state index >= 15 is 0 Å². The number of methoxy groups -OCH3 is 1. The highest BCUT2D eigenvalue weighted by molar-refractivity contribution is 6.00. The van der Waals surface area contributed by atoms with Crippen molar-refractivity contribution in [3.05, 3.63) is 22.8 Å². The SMILES string of the molecule is COCCCNC(=O)c1c2c(cc3c1OCC3)OCC2. The summed E-state index contributed by atoms with van der Waals surface area (Å²) in [5, 5.41) is 2.94. The largest absolute Gasteiger partial charge is 0.493 e. The number of amides is 1. The summed E-state index contributed by atoms with van der Waals surface area (Å²) in [5.74, 6) is 1.52. The molecule has 0 aromatic heterocycles. The summed E-state index contributed by atoms with van der Waals surface area (Å²) in [6, 6.07) is 2.02. The van der Waals surface area contributed by atoms with E-state index in [0.717, 1.165) is 41.9 Å². The molecule has 1 aromatic rings. The molecule has 2 heterocycles. The van der Waals surface area contributed by atoms with Gasteiger partial charge in [-0.2, -0.15) is 0 Å². The maximum atomic E-state index is 12.4. The Hall–Kier alpha value is -1.75. The van der Waals surface area contributed by atoms with Crippen LogP contribution in [-0.2, 0) is 17.6 Å². The van der Waals surface area contributed by atoms with E-state index in [1.165, 1.54) is 0 Å². The highest BCUT2D eigenvalue weighted by Gasteiger charge is 2.29. The van der Waals surface area contributed by atoms with Gasteiger partial charge in [0.15, 0.2) is 0 Å². The lowest BCUT2D eigenvalue weighted by Crippen LogP contribution is -2.26. The number of rotatable bonds is 5. The molecule has 5 heteroatoms. The molecule has 0 radical (unpaired) electrons. The maximum Gasteiger partial charge on any atom is 0.255 e. The molecule has 0 fully saturated rings. The van der Waals surface area contributed by atoms with Crippen molar-refractivity contribution in [3.63, 3.8) is 0 Å². The Morgan fingerprint density at radius 1 is 1.35 bits per heavy atom. The van der Waals surface area contributed by atoms with Crippen LogP contribution < -0.4 is 14.8 Å². The van der Waals surface area contributed by atoms with Crippen LogP contribution in [0.2, 0.25) is 0 Å². The number of carbonyl (C=O) groups excluding carboxylic acids is 1. The molecule has 0 aliphatic carbocycles. The molecule has 0 spiro atoms. The lowest BCUT2D eigenvalue weighted by molar-refractivity contribution is 0.0944. The monoisotopic (exact) mass is 277 g/mol. The van der Waals surface area contributed by atoms with Crippen molar-refractivity contribution >= 4 is 5.91 Å². The summed E-state index contributed by atoms with van der Waals surface area (Å²) < 4.78 is 16.2. The van der Waals surface area contributed by atoms with Crippen LogP contribution in [0, 0.1) is 0 Å². The Labute approximate surface area is 118 Å². The number of benzene rings is 1. The second-order valence-corrected chi connectivity index (χ2v) is 5.02. The topological polar surface area (TPSA) is 56.8 Å². The van der Waals surface area contributed by atoms with Crippen molar-refractivity contribution in [2.45, 2.75) is 19.3 Å². The Balaban J connectivity index is 1.83. The molecule has 0 bridgehead atoms. The lowest BCUT2D eigenvalue weighted by Gasteiger charge is -2.12. The first-order valence-corrected chi connectivity index (χ1v) is 7.02. The minimum Gasteiger partial charge on any atom is -0.493 e. The number of nitrogens with one attached hydrogen (secondary N) is 1. The summed E-state index contributed by atoms with van der Waals surface area (Å²) in [6.07, 6.45) is 2.42. The molecule has 2 aliphatic heterocycles. The van der Waals surface area contributed by atoms with E-state index in [1.807, 2.05) is 6.07 Å². The van der Waals surface area contributed by atoms with Gasteiger partial charge < -0.3 is 19.5 Å². The normalized spacial score (nSPS) is 15.2. The van der Waals surface area contributed by atoms with Crippen LogP contribution in [0.4, 0.5) is 0 Å². The Kier molecular flexibility index (Phi) is 3.78. The van der Waals surface area contributed by atoms with E-state index in [0.29, 0.717) is 31.9 Å². The van der Waals surface area contributed by atoms with E-state index in [2.05, 4.69) is 5.32 Å². The molecule has 5 nitrogen and oxygen atoms in total. The van der Waals surface area contributed by atoms with E-state index < -0.39 is 0 Å². The third-order valence-corrected chi connectivity index (χ3v) is 3.69. The number of carbonyl (C=O) groups is 1. The van der Waals surface area contributed by atoms with Crippen LogP contribution in [0.25, 0.3) is 0 Å². The number of fused-ring (bicyclic) bond motifs is 2. The minimum absolute atomic E-state index is 0.0680. The average molecular weight is 277 g/mol. The van der Waals surface area contributed by atoms with Crippen molar-refractivity contribution in [2.75, 3.05) is 33.5 Å². The van der Waals surface area contributed by atoms with Crippen molar-refractivity contribution in [1.82, 2.24) is 5.32 Å². The van der Waals surface area contributed by atoms with Crippen LogP contribution in [-0.4, -0.2) is 39.4 Å². The fourth-order valence-corrected chi connectivity index (χ4v) is 2.73. The summed E-state index contributed by atoms with van der Waals surface area (Å²) in [4.78, 5) is 12.4.